The monoisotopic (exact) mass is 372 g/mol. The summed E-state index contributed by atoms with van der Waals surface area (Å²) in [6.07, 6.45) is 0. The molecule has 2 rings (SSSR count). The molecule has 1 aromatic heterocycles. The van der Waals surface area contributed by atoms with Gasteiger partial charge in [0.05, 0.1) is 4.47 Å². The molecule has 90 valence electrons. The second kappa shape index (κ2) is 4.87. The molecule has 0 amide bonds. The maximum atomic E-state index is 3.61. The van der Waals surface area contributed by atoms with Gasteiger partial charge < -0.3 is 0 Å². The van der Waals surface area contributed by atoms with Crippen LogP contribution in [0.15, 0.2) is 38.6 Å². The van der Waals surface area contributed by atoms with Crippen LogP contribution in [0.1, 0.15) is 26.3 Å². The van der Waals surface area contributed by atoms with E-state index in [1.165, 1.54) is 16.0 Å². The van der Waals surface area contributed by atoms with Crippen molar-refractivity contribution in [2.45, 2.75) is 26.2 Å². The summed E-state index contributed by atoms with van der Waals surface area (Å²) in [7, 11) is 0. The molecule has 0 saturated heterocycles. The largest absolute Gasteiger partial charge is 0.141 e. The van der Waals surface area contributed by atoms with Crippen LogP contribution in [0.25, 0.3) is 10.4 Å². The van der Waals surface area contributed by atoms with Gasteiger partial charge in [-0.1, -0.05) is 45.0 Å². The molecule has 1 aromatic carbocycles. The van der Waals surface area contributed by atoms with Gasteiger partial charge in [-0.05, 0) is 48.4 Å². The summed E-state index contributed by atoms with van der Waals surface area (Å²) in [6, 6.07) is 8.83. The molecule has 0 N–H and O–H groups in total. The highest BCUT2D eigenvalue weighted by atomic mass is 79.9. The van der Waals surface area contributed by atoms with Crippen LogP contribution in [0.3, 0.4) is 0 Å². The molecule has 0 spiro atoms. The lowest BCUT2D eigenvalue weighted by Gasteiger charge is -2.19. The zero-order chi connectivity index (χ0) is 12.6. The molecule has 0 fully saturated rings. The van der Waals surface area contributed by atoms with E-state index in [1.807, 2.05) is 0 Å². The van der Waals surface area contributed by atoms with Gasteiger partial charge >= 0.3 is 0 Å². The van der Waals surface area contributed by atoms with Gasteiger partial charge in [-0.2, -0.15) is 0 Å². The predicted molar refractivity (Wildman–Crippen MR) is 83.9 cm³/mol. The van der Waals surface area contributed by atoms with Crippen molar-refractivity contribution in [2.24, 2.45) is 0 Å². The van der Waals surface area contributed by atoms with Crippen molar-refractivity contribution in [3.8, 4) is 10.4 Å². The third-order valence-electron chi connectivity index (χ3n) is 2.70. The molecule has 1 heterocycles. The first kappa shape index (κ1) is 13.3. The Morgan fingerprint density at radius 3 is 2.00 bits per heavy atom. The van der Waals surface area contributed by atoms with Gasteiger partial charge in [0.15, 0.2) is 0 Å². The van der Waals surface area contributed by atoms with E-state index in [4.69, 9.17) is 0 Å². The van der Waals surface area contributed by atoms with E-state index in [0.717, 1.165) is 8.95 Å². The number of thiophene rings is 1. The first-order valence-corrected chi connectivity index (χ1v) is 7.89. The van der Waals surface area contributed by atoms with Gasteiger partial charge in [0, 0.05) is 14.7 Å². The summed E-state index contributed by atoms with van der Waals surface area (Å²) in [5.41, 5.74) is 2.85. The van der Waals surface area contributed by atoms with Gasteiger partial charge in [-0.25, -0.2) is 0 Å². The van der Waals surface area contributed by atoms with Crippen molar-refractivity contribution in [2.75, 3.05) is 0 Å². The van der Waals surface area contributed by atoms with Crippen LogP contribution in [0.2, 0.25) is 0 Å². The van der Waals surface area contributed by atoms with E-state index in [9.17, 15) is 0 Å². The smallest absolute Gasteiger partial charge is 0.0503 e. The summed E-state index contributed by atoms with van der Waals surface area (Å²) in [5.74, 6) is 0. The fourth-order valence-corrected chi connectivity index (χ4v) is 3.85. The molecule has 2 aromatic rings. The molecule has 0 bridgehead atoms. The Labute approximate surface area is 123 Å². The summed E-state index contributed by atoms with van der Waals surface area (Å²) >= 11 is 8.88. The van der Waals surface area contributed by atoms with Crippen LogP contribution in [0.4, 0.5) is 0 Å². The van der Waals surface area contributed by atoms with Crippen molar-refractivity contribution in [1.29, 1.82) is 0 Å². The molecule has 17 heavy (non-hydrogen) atoms. The Morgan fingerprint density at radius 2 is 1.59 bits per heavy atom. The molecule has 0 unspecified atom stereocenters. The summed E-state index contributed by atoms with van der Waals surface area (Å²) < 4.78 is 2.27. The number of hydrogen-bond acceptors (Lipinski definition) is 1. The zero-order valence-corrected chi connectivity index (χ0v) is 14.0. The van der Waals surface area contributed by atoms with E-state index in [-0.39, 0.29) is 5.41 Å². The average Bonchev–Trinajstić information content (AvgIpc) is 2.59. The Kier molecular flexibility index (Phi) is 3.81. The lowest BCUT2D eigenvalue weighted by Crippen LogP contribution is -2.10. The van der Waals surface area contributed by atoms with Gasteiger partial charge in [0.25, 0.3) is 0 Å². The molecule has 0 saturated carbocycles. The normalized spacial score (nSPS) is 11.8. The maximum Gasteiger partial charge on any atom is 0.0503 e. The molecular weight excluding hydrogens is 360 g/mol. The van der Waals surface area contributed by atoms with Crippen LogP contribution in [-0.4, -0.2) is 0 Å². The third kappa shape index (κ3) is 2.83. The lowest BCUT2D eigenvalue weighted by molar-refractivity contribution is 0.590. The minimum Gasteiger partial charge on any atom is -0.141 e. The summed E-state index contributed by atoms with van der Waals surface area (Å²) in [5, 5.41) is 2.11. The molecule has 0 atom stereocenters. The van der Waals surface area contributed by atoms with Gasteiger partial charge in [-0.15, -0.1) is 11.3 Å². The van der Waals surface area contributed by atoms with Gasteiger partial charge in [0.2, 0.25) is 0 Å². The van der Waals surface area contributed by atoms with E-state index in [1.54, 1.807) is 11.3 Å². The van der Waals surface area contributed by atoms with E-state index < -0.39 is 0 Å². The molecule has 0 aliphatic carbocycles. The molecule has 0 radical (unpaired) electrons. The highest BCUT2D eigenvalue weighted by molar-refractivity contribution is 9.13. The standard InChI is InChI=1S/C14H14Br2S/c1-14(2,3)10-6-4-9(5-7-10)13-12(16)11(15)8-17-13/h4-8H,1-3H3. The first-order valence-electron chi connectivity index (χ1n) is 5.43. The minimum absolute atomic E-state index is 0.214. The third-order valence-corrected chi connectivity index (χ3v) is 6.28. The summed E-state index contributed by atoms with van der Waals surface area (Å²) in [4.78, 5) is 1.28. The van der Waals surface area contributed by atoms with Crippen molar-refractivity contribution in [1.82, 2.24) is 0 Å². The van der Waals surface area contributed by atoms with Gasteiger partial charge in [0.1, 0.15) is 0 Å². The number of hydrogen-bond donors (Lipinski definition) is 0. The fourth-order valence-electron chi connectivity index (χ4n) is 1.64. The number of rotatable bonds is 1. The average molecular weight is 374 g/mol. The predicted octanol–water partition coefficient (Wildman–Crippen LogP) is 6.24. The highest BCUT2D eigenvalue weighted by Crippen LogP contribution is 2.40. The van der Waals surface area contributed by atoms with Crippen LogP contribution in [-0.2, 0) is 5.41 Å². The Balaban J connectivity index is 2.40. The topological polar surface area (TPSA) is 0 Å². The van der Waals surface area contributed by atoms with Crippen molar-refractivity contribution in [3.05, 3.63) is 44.2 Å². The van der Waals surface area contributed by atoms with Crippen molar-refractivity contribution in [3.63, 3.8) is 0 Å². The lowest BCUT2D eigenvalue weighted by atomic mass is 9.86. The van der Waals surface area contributed by atoms with E-state index in [2.05, 4.69) is 82.3 Å². The number of benzene rings is 1. The Morgan fingerprint density at radius 1 is 1.00 bits per heavy atom. The second-order valence-electron chi connectivity index (χ2n) is 5.05. The zero-order valence-electron chi connectivity index (χ0n) is 10.1. The molecular formula is C14H14Br2S. The second-order valence-corrected chi connectivity index (χ2v) is 7.58. The number of halogens is 2. The fraction of sp³-hybridized carbons (Fsp3) is 0.286. The molecule has 0 nitrogen and oxygen atoms in total. The SMILES string of the molecule is CC(C)(C)c1ccc(-c2scc(Br)c2Br)cc1. The van der Waals surface area contributed by atoms with Crippen molar-refractivity contribution < 1.29 is 0 Å². The Bertz CT molecular complexity index is 518. The maximum absolute atomic E-state index is 3.61. The van der Waals surface area contributed by atoms with E-state index in [0.29, 0.717) is 0 Å². The van der Waals surface area contributed by atoms with Gasteiger partial charge in [-0.3, -0.25) is 0 Å². The van der Waals surface area contributed by atoms with Crippen LogP contribution in [0.5, 0.6) is 0 Å². The Hall–Kier alpha value is -0.120. The first-order chi connectivity index (χ1) is 7.89. The molecule has 0 aliphatic heterocycles. The molecule has 0 aliphatic rings. The van der Waals surface area contributed by atoms with E-state index >= 15 is 0 Å². The van der Waals surface area contributed by atoms with Crippen LogP contribution in [0, 0.1) is 0 Å². The molecule has 3 heteroatoms. The van der Waals surface area contributed by atoms with Crippen molar-refractivity contribution >= 4 is 43.2 Å². The van der Waals surface area contributed by atoms with Crippen LogP contribution < -0.4 is 0 Å². The minimum atomic E-state index is 0.214. The highest BCUT2D eigenvalue weighted by Gasteiger charge is 2.14. The quantitative estimate of drug-likeness (QED) is 0.555. The summed E-state index contributed by atoms with van der Waals surface area (Å²) in [6.45, 7) is 6.71. The van der Waals surface area contributed by atoms with Crippen LogP contribution >= 0.6 is 43.2 Å².